The van der Waals surface area contributed by atoms with Crippen molar-refractivity contribution in [1.82, 2.24) is 0 Å². The van der Waals surface area contributed by atoms with Crippen LogP contribution in [0.15, 0.2) is 29.2 Å². The normalized spacial score (nSPS) is 15.6. The van der Waals surface area contributed by atoms with Gasteiger partial charge in [0.1, 0.15) is 14.4 Å². The third kappa shape index (κ3) is 3.75. The number of nitrogens with zero attached hydrogens (tertiary/aromatic N) is 1. The molecule has 0 saturated heterocycles. The van der Waals surface area contributed by atoms with Crippen molar-refractivity contribution >= 4 is 86.4 Å². The molecular weight excluding hydrogens is 562 g/mol. The number of rotatable bonds is 8. The molecule has 0 radical (unpaired) electrons. The van der Waals surface area contributed by atoms with E-state index in [4.69, 9.17) is 4.42 Å². The molecule has 1 aliphatic heterocycles. The largest absolute Gasteiger partial charge is 0.440 e. The molecule has 3 aromatic heterocycles. The highest BCUT2D eigenvalue weighted by Gasteiger charge is 2.49. The van der Waals surface area contributed by atoms with Gasteiger partial charge in [0.2, 0.25) is 0 Å². The lowest BCUT2D eigenvalue weighted by Crippen LogP contribution is -2.29. The van der Waals surface area contributed by atoms with Gasteiger partial charge in [-0.15, -0.1) is 22.7 Å². The SMILES string of the molecule is CCCCCCCCc1ccc(N2C(=O)c3c(oc4c(Br)sc(Br)c34)S2(=O)=O)s1. The second kappa shape index (κ2) is 8.45. The molecule has 0 atom stereocenters. The summed E-state index contributed by atoms with van der Waals surface area (Å²) in [4.78, 5) is 14.2. The van der Waals surface area contributed by atoms with Crippen molar-refractivity contribution in [2.24, 2.45) is 0 Å². The van der Waals surface area contributed by atoms with Crippen LogP contribution in [0.3, 0.4) is 0 Å². The topological polar surface area (TPSA) is 67.6 Å². The molecule has 0 spiro atoms. The Labute approximate surface area is 194 Å². The van der Waals surface area contributed by atoms with E-state index < -0.39 is 15.9 Å². The van der Waals surface area contributed by atoms with Gasteiger partial charge in [0.15, 0.2) is 5.58 Å². The van der Waals surface area contributed by atoms with E-state index in [0.717, 1.165) is 22.0 Å². The fraction of sp³-hybridized carbons (Fsp3) is 0.421. The van der Waals surface area contributed by atoms with Gasteiger partial charge in [-0.1, -0.05) is 39.0 Å². The summed E-state index contributed by atoms with van der Waals surface area (Å²) in [6.07, 6.45) is 8.14. The number of aryl methyl sites for hydroxylation is 1. The summed E-state index contributed by atoms with van der Waals surface area (Å²) >= 11 is 9.48. The Morgan fingerprint density at radius 3 is 2.52 bits per heavy atom. The van der Waals surface area contributed by atoms with Crippen LogP contribution in [0.5, 0.6) is 0 Å². The van der Waals surface area contributed by atoms with Gasteiger partial charge in [-0.05, 0) is 56.8 Å². The highest BCUT2D eigenvalue weighted by atomic mass is 79.9. The lowest BCUT2D eigenvalue weighted by atomic mass is 10.1. The molecular formula is C19H19Br2NO4S3. The zero-order valence-corrected chi connectivity index (χ0v) is 21.3. The Kier molecular flexibility index (Phi) is 6.28. The van der Waals surface area contributed by atoms with E-state index in [-0.39, 0.29) is 10.7 Å². The number of furan rings is 1. The molecule has 156 valence electrons. The number of hydrogen-bond acceptors (Lipinski definition) is 6. The third-order valence-corrected chi connectivity index (χ3v) is 10.2. The zero-order chi connectivity index (χ0) is 20.8. The van der Waals surface area contributed by atoms with Crippen LogP contribution in [-0.4, -0.2) is 14.3 Å². The summed E-state index contributed by atoms with van der Waals surface area (Å²) in [6, 6.07) is 3.63. The number of anilines is 1. The van der Waals surface area contributed by atoms with E-state index in [1.54, 1.807) is 6.07 Å². The number of carbonyl (C=O) groups is 1. The maximum atomic E-state index is 13.1. The summed E-state index contributed by atoms with van der Waals surface area (Å²) in [5.74, 6) is -0.558. The van der Waals surface area contributed by atoms with Gasteiger partial charge < -0.3 is 4.42 Å². The summed E-state index contributed by atoms with van der Waals surface area (Å²) in [7, 11) is -4.05. The van der Waals surface area contributed by atoms with E-state index in [2.05, 4.69) is 38.8 Å². The molecule has 1 aliphatic rings. The van der Waals surface area contributed by atoms with Crippen molar-refractivity contribution in [3.8, 4) is 0 Å². The monoisotopic (exact) mass is 579 g/mol. The smallest absolute Gasteiger partial charge is 0.306 e. The van der Waals surface area contributed by atoms with Crippen LogP contribution in [0.25, 0.3) is 11.0 Å². The highest BCUT2D eigenvalue weighted by Crippen LogP contribution is 2.49. The number of unbranched alkanes of at least 4 members (excludes halogenated alkanes) is 5. The van der Waals surface area contributed by atoms with E-state index in [1.807, 2.05) is 6.07 Å². The van der Waals surface area contributed by atoms with Gasteiger partial charge in [-0.3, -0.25) is 4.79 Å². The van der Waals surface area contributed by atoms with Gasteiger partial charge in [0, 0.05) is 4.88 Å². The molecule has 0 aliphatic carbocycles. The first-order valence-corrected chi connectivity index (χ1v) is 14.1. The van der Waals surface area contributed by atoms with Gasteiger partial charge in [0.05, 0.1) is 9.17 Å². The van der Waals surface area contributed by atoms with Crippen molar-refractivity contribution in [2.75, 3.05) is 4.31 Å². The van der Waals surface area contributed by atoms with Crippen molar-refractivity contribution in [3.05, 3.63) is 30.1 Å². The van der Waals surface area contributed by atoms with E-state index in [9.17, 15) is 13.2 Å². The summed E-state index contributed by atoms with van der Waals surface area (Å²) < 4.78 is 33.9. The maximum absolute atomic E-state index is 13.1. The predicted octanol–water partition coefficient (Wildman–Crippen LogP) is 7.33. The minimum atomic E-state index is -4.05. The Balaban J connectivity index is 1.55. The number of halogens is 2. The quantitative estimate of drug-likeness (QED) is 0.261. The lowest BCUT2D eigenvalue weighted by Gasteiger charge is -2.12. The molecule has 0 aromatic carbocycles. The Morgan fingerprint density at radius 1 is 1.03 bits per heavy atom. The van der Waals surface area contributed by atoms with Crippen molar-refractivity contribution in [2.45, 2.75) is 57.0 Å². The van der Waals surface area contributed by atoms with Crippen LogP contribution >= 0.6 is 54.5 Å². The van der Waals surface area contributed by atoms with Crippen molar-refractivity contribution < 1.29 is 17.6 Å². The molecule has 0 N–H and O–H groups in total. The van der Waals surface area contributed by atoms with Crippen LogP contribution in [0, 0.1) is 0 Å². The van der Waals surface area contributed by atoms with Gasteiger partial charge in [-0.25, -0.2) is 0 Å². The van der Waals surface area contributed by atoms with Crippen LogP contribution in [0.4, 0.5) is 5.00 Å². The van der Waals surface area contributed by atoms with E-state index in [1.165, 1.54) is 54.8 Å². The molecule has 3 aromatic rings. The molecule has 0 saturated carbocycles. The first-order chi connectivity index (χ1) is 13.9. The number of amides is 1. The van der Waals surface area contributed by atoms with Crippen molar-refractivity contribution in [3.63, 3.8) is 0 Å². The van der Waals surface area contributed by atoms with Crippen molar-refractivity contribution in [1.29, 1.82) is 0 Å². The van der Waals surface area contributed by atoms with Gasteiger partial charge in [-0.2, -0.15) is 12.7 Å². The average molecular weight is 581 g/mol. The number of sulfonamides is 1. The molecule has 4 heterocycles. The molecule has 0 unspecified atom stereocenters. The van der Waals surface area contributed by atoms with E-state index in [0.29, 0.717) is 23.5 Å². The second-order valence-corrected chi connectivity index (χ2v) is 13.4. The fourth-order valence-corrected chi connectivity index (χ4v) is 9.23. The summed E-state index contributed by atoms with van der Waals surface area (Å²) in [5, 5.41) is 0.658. The number of fused-ring (bicyclic) bond motifs is 3. The second-order valence-electron chi connectivity index (χ2n) is 6.95. The Bertz CT molecular complexity index is 1180. The minimum absolute atomic E-state index is 0.111. The molecule has 1 amide bonds. The minimum Gasteiger partial charge on any atom is -0.440 e. The van der Waals surface area contributed by atoms with Gasteiger partial charge >= 0.3 is 10.0 Å². The number of hydrogen-bond donors (Lipinski definition) is 0. The first kappa shape index (κ1) is 21.5. The zero-order valence-electron chi connectivity index (χ0n) is 15.7. The maximum Gasteiger partial charge on any atom is 0.306 e. The van der Waals surface area contributed by atoms with Crippen LogP contribution in [0.2, 0.25) is 0 Å². The molecule has 10 heteroatoms. The lowest BCUT2D eigenvalue weighted by molar-refractivity contribution is 0.101. The Morgan fingerprint density at radius 2 is 1.76 bits per heavy atom. The molecule has 0 fully saturated rings. The molecule has 5 nitrogen and oxygen atoms in total. The predicted molar refractivity (Wildman–Crippen MR) is 125 cm³/mol. The molecule has 0 bridgehead atoms. The first-order valence-electron chi connectivity index (χ1n) is 9.45. The molecule has 29 heavy (non-hydrogen) atoms. The number of thiophene rings is 2. The average Bonchev–Trinajstić information content (AvgIpc) is 3.38. The van der Waals surface area contributed by atoms with Crippen LogP contribution < -0.4 is 4.31 Å². The standard InChI is InChI=1S/C19H19Br2NO4S3/c1-2-3-4-5-6-7-8-11-9-10-12(27-11)22-18(23)14-13-15(17(21)28-16(13)20)26-19(14)29(22,24)25/h9-10H,2-8H2,1H3. The third-order valence-electron chi connectivity index (χ3n) is 4.93. The van der Waals surface area contributed by atoms with Crippen LogP contribution in [-0.2, 0) is 16.4 Å². The summed E-state index contributed by atoms with van der Waals surface area (Å²) in [6.45, 7) is 2.20. The molecule has 4 rings (SSSR count). The van der Waals surface area contributed by atoms with E-state index >= 15 is 0 Å². The summed E-state index contributed by atoms with van der Waals surface area (Å²) in [5.41, 5.74) is 0.498. The fourth-order valence-electron chi connectivity index (χ4n) is 3.49. The highest BCUT2D eigenvalue weighted by molar-refractivity contribution is 9.12. The van der Waals surface area contributed by atoms with Crippen LogP contribution in [0.1, 0.15) is 60.7 Å². The number of carbonyl (C=O) groups excluding carboxylic acids is 1. The Hall–Kier alpha value is -0.680. The van der Waals surface area contributed by atoms with Gasteiger partial charge in [0.25, 0.3) is 11.0 Å².